The number of benzene rings is 2. The molecule has 3 nitrogen and oxygen atoms in total. The van der Waals surface area contributed by atoms with Crippen LogP contribution in [-0.2, 0) is 5.41 Å². The van der Waals surface area contributed by atoms with Crippen LogP contribution in [0.1, 0.15) is 18.1 Å². The number of ether oxygens (including phenoxy) is 1. The lowest BCUT2D eigenvalue weighted by molar-refractivity contribution is 0.384. The average molecular weight is 260 g/mol. The zero-order valence-corrected chi connectivity index (χ0v) is 11.0. The summed E-state index contributed by atoms with van der Waals surface area (Å²) in [5, 5.41) is 18.8. The van der Waals surface area contributed by atoms with Gasteiger partial charge in [-0.15, -0.1) is 0 Å². The van der Waals surface area contributed by atoms with Gasteiger partial charge in [-0.05, 0) is 19.1 Å². The molecule has 0 aromatic heterocycles. The molecule has 96 valence electrons. The molecule has 1 aliphatic heterocycles. The summed E-state index contributed by atoms with van der Waals surface area (Å²) in [7, 11) is 0. The molecule has 0 spiro atoms. The largest absolute Gasteiger partial charge is 0.457 e. The molecular formula is C17H12N2O. The van der Waals surface area contributed by atoms with Gasteiger partial charge in [0.05, 0.1) is 17.6 Å². The summed E-state index contributed by atoms with van der Waals surface area (Å²) in [4.78, 5) is 0. The van der Waals surface area contributed by atoms with E-state index in [-0.39, 0.29) is 0 Å². The highest BCUT2D eigenvalue weighted by Gasteiger charge is 2.44. The van der Waals surface area contributed by atoms with E-state index >= 15 is 0 Å². The van der Waals surface area contributed by atoms with E-state index in [2.05, 4.69) is 12.1 Å². The Morgan fingerprint density at radius 1 is 0.900 bits per heavy atom. The minimum atomic E-state index is -0.770. The second-order valence-electron chi connectivity index (χ2n) is 4.99. The fraction of sp³-hybridized carbons (Fsp3) is 0.176. The van der Waals surface area contributed by atoms with Gasteiger partial charge in [-0.3, -0.25) is 0 Å². The van der Waals surface area contributed by atoms with Crippen LogP contribution in [0.4, 0.5) is 0 Å². The van der Waals surface area contributed by atoms with Crippen molar-refractivity contribution in [3.8, 4) is 23.6 Å². The molecule has 1 aliphatic rings. The van der Waals surface area contributed by atoms with Crippen LogP contribution >= 0.6 is 0 Å². The summed E-state index contributed by atoms with van der Waals surface area (Å²) in [5.74, 6) is 0.655. The van der Waals surface area contributed by atoms with Gasteiger partial charge in [-0.2, -0.15) is 10.5 Å². The van der Waals surface area contributed by atoms with Crippen LogP contribution in [0, 0.1) is 28.6 Å². The second kappa shape index (κ2) is 4.40. The third-order valence-electron chi connectivity index (χ3n) is 3.95. The first kappa shape index (κ1) is 12.3. The molecule has 0 aliphatic carbocycles. The maximum absolute atomic E-state index is 9.38. The third kappa shape index (κ3) is 1.51. The van der Waals surface area contributed by atoms with Gasteiger partial charge >= 0.3 is 0 Å². The Kier molecular flexibility index (Phi) is 2.70. The van der Waals surface area contributed by atoms with E-state index in [0.717, 1.165) is 11.1 Å². The van der Waals surface area contributed by atoms with Crippen LogP contribution in [0.25, 0.3) is 0 Å². The monoisotopic (exact) mass is 260 g/mol. The molecule has 3 heteroatoms. The Morgan fingerprint density at radius 3 is 1.80 bits per heavy atom. The number of hydrogen-bond donors (Lipinski definition) is 0. The lowest BCUT2D eigenvalue weighted by Gasteiger charge is -2.37. The Bertz CT molecular complexity index is 693. The minimum Gasteiger partial charge on any atom is -0.457 e. The van der Waals surface area contributed by atoms with Crippen molar-refractivity contribution in [3.63, 3.8) is 0 Å². The number of para-hydroxylation sites is 2. The number of nitrogens with zero attached hydrogens (tertiary/aromatic N) is 2. The summed E-state index contributed by atoms with van der Waals surface area (Å²) in [6.45, 7) is 1.93. The predicted octanol–water partition coefficient (Wildman–Crippen LogP) is 3.76. The number of fused-ring (bicyclic) bond motifs is 2. The highest BCUT2D eigenvalue weighted by Crippen LogP contribution is 2.51. The Labute approximate surface area is 117 Å². The standard InChI is InChI=1S/C17H12N2O/c1-17(12(10-18)11-19)13-6-2-4-8-15(13)20-16-9-5-3-7-14(16)17/h2-9,12H,1H3. The normalized spacial score (nSPS) is 14.4. The van der Waals surface area contributed by atoms with Crippen LogP contribution in [0.5, 0.6) is 11.5 Å². The van der Waals surface area contributed by atoms with E-state index in [9.17, 15) is 10.5 Å². The van der Waals surface area contributed by atoms with Crippen molar-refractivity contribution >= 4 is 0 Å². The SMILES string of the molecule is CC1(C(C#N)C#N)c2ccccc2Oc2ccccc21. The summed E-state index contributed by atoms with van der Waals surface area (Å²) < 4.78 is 5.89. The first-order valence-electron chi connectivity index (χ1n) is 6.38. The predicted molar refractivity (Wildman–Crippen MR) is 74.1 cm³/mol. The van der Waals surface area contributed by atoms with Crippen LogP contribution in [0.3, 0.4) is 0 Å². The van der Waals surface area contributed by atoms with Crippen molar-refractivity contribution in [1.82, 2.24) is 0 Å². The molecule has 0 unspecified atom stereocenters. The van der Waals surface area contributed by atoms with Gasteiger partial charge in [-0.1, -0.05) is 36.4 Å². The molecule has 20 heavy (non-hydrogen) atoms. The minimum absolute atomic E-state index is 0.686. The van der Waals surface area contributed by atoms with Crippen molar-refractivity contribution < 1.29 is 4.74 Å². The Balaban J connectivity index is 2.34. The molecule has 0 fully saturated rings. The summed E-state index contributed by atoms with van der Waals surface area (Å²) in [6.07, 6.45) is 0. The molecule has 2 aromatic carbocycles. The van der Waals surface area contributed by atoms with Crippen LogP contribution < -0.4 is 4.74 Å². The first-order valence-corrected chi connectivity index (χ1v) is 6.38. The smallest absolute Gasteiger partial charge is 0.146 e. The van der Waals surface area contributed by atoms with E-state index in [0.29, 0.717) is 11.5 Å². The Hall–Kier alpha value is -2.78. The fourth-order valence-electron chi connectivity index (χ4n) is 2.83. The molecule has 3 rings (SSSR count). The molecule has 0 amide bonds. The molecule has 0 N–H and O–H groups in total. The van der Waals surface area contributed by atoms with Crippen molar-refractivity contribution in [2.45, 2.75) is 12.3 Å². The van der Waals surface area contributed by atoms with Crippen molar-refractivity contribution in [1.29, 1.82) is 10.5 Å². The Morgan fingerprint density at radius 2 is 1.35 bits per heavy atom. The second-order valence-corrected chi connectivity index (χ2v) is 4.99. The van der Waals surface area contributed by atoms with E-state index in [1.54, 1.807) is 0 Å². The lowest BCUT2D eigenvalue weighted by Crippen LogP contribution is -2.34. The van der Waals surface area contributed by atoms with Crippen molar-refractivity contribution in [2.24, 2.45) is 5.92 Å². The molecule has 0 saturated carbocycles. The van der Waals surface area contributed by atoms with Gasteiger partial charge in [0.2, 0.25) is 0 Å². The number of rotatable bonds is 1. The van der Waals surface area contributed by atoms with Crippen LogP contribution in [-0.4, -0.2) is 0 Å². The molecular weight excluding hydrogens is 248 g/mol. The van der Waals surface area contributed by atoms with E-state index in [1.165, 1.54) is 0 Å². The first-order chi connectivity index (χ1) is 9.71. The van der Waals surface area contributed by atoms with E-state index < -0.39 is 11.3 Å². The maximum Gasteiger partial charge on any atom is 0.146 e. The van der Waals surface area contributed by atoms with Crippen molar-refractivity contribution in [2.75, 3.05) is 0 Å². The summed E-state index contributed by atoms with van der Waals surface area (Å²) in [5.41, 5.74) is 1.08. The van der Waals surface area contributed by atoms with Gasteiger partial charge in [0, 0.05) is 11.1 Å². The maximum atomic E-state index is 9.38. The lowest BCUT2D eigenvalue weighted by atomic mass is 9.66. The van der Waals surface area contributed by atoms with Gasteiger partial charge in [-0.25, -0.2) is 0 Å². The number of nitriles is 2. The number of hydrogen-bond acceptors (Lipinski definition) is 3. The highest BCUT2D eigenvalue weighted by atomic mass is 16.5. The molecule has 2 aromatic rings. The summed E-state index contributed by atoms with van der Waals surface area (Å²) >= 11 is 0. The van der Waals surface area contributed by atoms with Gasteiger partial charge in [0.25, 0.3) is 0 Å². The third-order valence-corrected chi connectivity index (χ3v) is 3.95. The highest BCUT2D eigenvalue weighted by molar-refractivity contribution is 5.59. The molecule has 1 heterocycles. The van der Waals surface area contributed by atoms with Gasteiger partial charge in [0.15, 0.2) is 0 Å². The van der Waals surface area contributed by atoms with Crippen molar-refractivity contribution in [3.05, 3.63) is 59.7 Å². The summed E-state index contributed by atoms with van der Waals surface area (Å²) in [6, 6.07) is 19.4. The van der Waals surface area contributed by atoms with E-state index in [4.69, 9.17) is 4.74 Å². The van der Waals surface area contributed by atoms with Gasteiger partial charge in [0.1, 0.15) is 17.4 Å². The van der Waals surface area contributed by atoms with E-state index in [1.807, 2.05) is 55.5 Å². The average Bonchev–Trinajstić information content (AvgIpc) is 2.49. The fourth-order valence-corrected chi connectivity index (χ4v) is 2.83. The van der Waals surface area contributed by atoms with Gasteiger partial charge < -0.3 is 4.74 Å². The zero-order valence-electron chi connectivity index (χ0n) is 11.0. The zero-order chi connectivity index (χ0) is 14.2. The molecule has 0 saturated heterocycles. The molecule has 0 bridgehead atoms. The quantitative estimate of drug-likeness (QED) is 0.784. The topological polar surface area (TPSA) is 56.8 Å². The van der Waals surface area contributed by atoms with Crippen LogP contribution in [0.15, 0.2) is 48.5 Å². The molecule has 0 atom stereocenters. The molecule has 0 radical (unpaired) electrons. The van der Waals surface area contributed by atoms with Crippen LogP contribution in [0.2, 0.25) is 0 Å².